The summed E-state index contributed by atoms with van der Waals surface area (Å²) in [6.45, 7) is 4.57. The van der Waals surface area contributed by atoms with Crippen molar-refractivity contribution in [3.05, 3.63) is 57.8 Å². The lowest BCUT2D eigenvalue weighted by Crippen LogP contribution is -2.42. The molecule has 6 heteroatoms. The van der Waals surface area contributed by atoms with Crippen LogP contribution in [0.1, 0.15) is 41.8 Å². The van der Waals surface area contributed by atoms with Gasteiger partial charge in [0.25, 0.3) is 0 Å². The van der Waals surface area contributed by atoms with Gasteiger partial charge in [0.15, 0.2) is 0 Å². The Morgan fingerprint density at radius 2 is 1.77 bits per heavy atom. The molecule has 26 heavy (non-hydrogen) atoms. The minimum Gasteiger partial charge on any atom is -0.358 e. The van der Waals surface area contributed by atoms with Crippen molar-refractivity contribution in [1.82, 2.24) is 15.5 Å². The van der Waals surface area contributed by atoms with Crippen LogP contribution in [0.25, 0.3) is 0 Å². The molecule has 0 radical (unpaired) electrons. The van der Waals surface area contributed by atoms with Gasteiger partial charge in [-0.05, 0) is 28.5 Å². The molecule has 140 valence electrons. The molecule has 1 heterocycles. The smallest absolute Gasteiger partial charge is 0.239 e. The topological polar surface area (TPSA) is 61.4 Å². The molecular formula is C20H27N3O2S. The average Bonchev–Trinajstić information content (AvgIpc) is 3.16. The van der Waals surface area contributed by atoms with Gasteiger partial charge in [-0.25, -0.2) is 0 Å². The van der Waals surface area contributed by atoms with Crippen LogP contribution in [-0.4, -0.2) is 43.9 Å². The summed E-state index contributed by atoms with van der Waals surface area (Å²) < 4.78 is 0. The Morgan fingerprint density at radius 1 is 1.12 bits per heavy atom. The summed E-state index contributed by atoms with van der Waals surface area (Å²) in [6.07, 6.45) is 0. The lowest BCUT2D eigenvalue weighted by atomic mass is 9.98. The van der Waals surface area contributed by atoms with Gasteiger partial charge in [0.05, 0.1) is 19.1 Å². The predicted molar refractivity (Wildman–Crippen MR) is 106 cm³/mol. The molecule has 0 aliphatic rings. The first-order valence-electron chi connectivity index (χ1n) is 8.73. The Labute approximate surface area is 159 Å². The zero-order valence-corrected chi connectivity index (χ0v) is 16.6. The molecule has 0 aliphatic carbocycles. The van der Waals surface area contributed by atoms with Gasteiger partial charge in [-0.15, -0.1) is 11.3 Å². The zero-order valence-electron chi connectivity index (χ0n) is 15.8. The van der Waals surface area contributed by atoms with Crippen molar-refractivity contribution in [2.75, 3.05) is 27.2 Å². The highest BCUT2D eigenvalue weighted by molar-refractivity contribution is 7.10. The maximum Gasteiger partial charge on any atom is 0.239 e. The van der Waals surface area contributed by atoms with Crippen molar-refractivity contribution >= 4 is 23.2 Å². The molecule has 0 spiro atoms. The van der Waals surface area contributed by atoms with Gasteiger partial charge in [-0.1, -0.05) is 44.2 Å². The van der Waals surface area contributed by atoms with Gasteiger partial charge in [-0.3, -0.25) is 14.9 Å². The highest BCUT2D eigenvalue weighted by atomic mass is 32.1. The Morgan fingerprint density at radius 3 is 2.31 bits per heavy atom. The largest absolute Gasteiger partial charge is 0.358 e. The van der Waals surface area contributed by atoms with Crippen LogP contribution in [0.2, 0.25) is 0 Å². The number of nitrogens with zero attached hydrogens (tertiary/aromatic N) is 1. The van der Waals surface area contributed by atoms with Crippen LogP contribution in [0.4, 0.5) is 0 Å². The van der Waals surface area contributed by atoms with E-state index >= 15 is 0 Å². The monoisotopic (exact) mass is 373 g/mol. The molecule has 2 rings (SSSR count). The fourth-order valence-electron chi connectivity index (χ4n) is 2.62. The number of rotatable bonds is 8. The summed E-state index contributed by atoms with van der Waals surface area (Å²) in [5.41, 5.74) is 2.42. The van der Waals surface area contributed by atoms with Crippen molar-refractivity contribution in [1.29, 1.82) is 0 Å². The van der Waals surface area contributed by atoms with Crippen molar-refractivity contribution < 1.29 is 9.59 Å². The van der Waals surface area contributed by atoms with Crippen LogP contribution in [0, 0.1) is 0 Å². The number of nitrogens with one attached hydrogen (secondary N) is 2. The van der Waals surface area contributed by atoms with E-state index in [4.69, 9.17) is 0 Å². The SMILES string of the molecule is CNC(=O)CN(C)C(=O)CN[C@@H](c1ccc(C(C)C)cc1)c1cccs1. The van der Waals surface area contributed by atoms with Crippen LogP contribution in [0.5, 0.6) is 0 Å². The molecule has 0 saturated carbocycles. The predicted octanol–water partition coefficient (Wildman–Crippen LogP) is 2.75. The van der Waals surface area contributed by atoms with E-state index in [1.54, 1.807) is 25.4 Å². The lowest BCUT2D eigenvalue weighted by molar-refractivity contribution is -0.133. The van der Waals surface area contributed by atoms with E-state index in [0.717, 1.165) is 10.4 Å². The Balaban J connectivity index is 2.09. The Kier molecular flexibility index (Phi) is 7.36. The van der Waals surface area contributed by atoms with Crippen LogP contribution < -0.4 is 10.6 Å². The summed E-state index contributed by atoms with van der Waals surface area (Å²) in [7, 11) is 3.20. The maximum absolute atomic E-state index is 12.3. The second kappa shape index (κ2) is 9.50. The van der Waals surface area contributed by atoms with Gasteiger partial charge in [0, 0.05) is 19.0 Å². The molecule has 2 aromatic rings. The molecule has 0 saturated heterocycles. The summed E-state index contributed by atoms with van der Waals surface area (Å²) in [6, 6.07) is 12.5. The van der Waals surface area contributed by atoms with Crippen molar-refractivity contribution in [3.8, 4) is 0 Å². The average molecular weight is 374 g/mol. The third kappa shape index (κ3) is 5.41. The number of carbonyl (C=O) groups excluding carboxylic acids is 2. The molecule has 1 atom stereocenters. The normalized spacial score (nSPS) is 12.0. The standard InChI is InChI=1S/C20H27N3O2S/c1-14(2)15-7-9-16(10-8-15)20(17-6-5-11-26-17)22-12-19(25)23(4)13-18(24)21-3/h5-11,14,20,22H,12-13H2,1-4H3,(H,21,24)/t20-/m0/s1. The van der Waals surface area contributed by atoms with Crippen LogP contribution in [0.15, 0.2) is 41.8 Å². The Hall–Kier alpha value is -2.18. The van der Waals surface area contributed by atoms with Gasteiger partial charge < -0.3 is 10.2 Å². The van der Waals surface area contributed by atoms with E-state index in [0.29, 0.717) is 5.92 Å². The molecule has 1 aromatic heterocycles. The van der Waals surface area contributed by atoms with Crippen LogP contribution in [0.3, 0.4) is 0 Å². The molecule has 1 aromatic carbocycles. The number of benzene rings is 1. The molecule has 0 fully saturated rings. The van der Waals surface area contributed by atoms with E-state index in [2.05, 4.69) is 54.8 Å². The highest BCUT2D eigenvalue weighted by Crippen LogP contribution is 2.27. The van der Waals surface area contributed by atoms with Crippen molar-refractivity contribution in [2.45, 2.75) is 25.8 Å². The molecule has 2 N–H and O–H groups in total. The van der Waals surface area contributed by atoms with Crippen LogP contribution >= 0.6 is 11.3 Å². The summed E-state index contributed by atoms with van der Waals surface area (Å²) >= 11 is 1.66. The molecule has 5 nitrogen and oxygen atoms in total. The number of hydrogen-bond donors (Lipinski definition) is 2. The first-order valence-corrected chi connectivity index (χ1v) is 9.61. The molecule has 0 aliphatic heterocycles. The van der Waals surface area contributed by atoms with Gasteiger partial charge in [0.2, 0.25) is 11.8 Å². The second-order valence-electron chi connectivity index (χ2n) is 6.57. The number of amides is 2. The Bertz CT molecular complexity index is 711. The minimum absolute atomic E-state index is 0.0476. The first-order chi connectivity index (χ1) is 12.4. The summed E-state index contributed by atoms with van der Waals surface area (Å²) in [5, 5.41) is 7.91. The number of likely N-dealkylation sites (N-methyl/N-ethyl adjacent to an activating group) is 2. The van der Waals surface area contributed by atoms with E-state index in [1.165, 1.54) is 10.5 Å². The number of thiophene rings is 1. The van der Waals surface area contributed by atoms with E-state index in [1.807, 2.05) is 11.4 Å². The number of carbonyl (C=O) groups is 2. The minimum atomic E-state index is -0.181. The lowest BCUT2D eigenvalue weighted by Gasteiger charge is -2.21. The van der Waals surface area contributed by atoms with Gasteiger partial charge in [0.1, 0.15) is 0 Å². The fourth-order valence-corrected chi connectivity index (χ4v) is 3.45. The van der Waals surface area contributed by atoms with Gasteiger partial charge >= 0.3 is 0 Å². The third-order valence-corrected chi connectivity index (χ3v) is 5.24. The fraction of sp³-hybridized carbons (Fsp3) is 0.400. The zero-order chi connectivity index (χ0) is 19.1. The van der Waals surface area contributed by atoms with Gasteiger partial charge in [-0.2, -0.15) is 0 Å². The highest BCUT2D eigenvalue weighted by Gasteiger charge is 2.18. The van der Waals surface area contributed by atoms with Crippen molar-refractivity contribution in [2.24, 2.45) is 0 Å². The summed E-state index contributed by atoms with van der Waals surface area (Å²) in [4.78, 5) is 26.4. The first kappa shape index (κ1) is 20.1. The van der Waals surface area contributed by atoms with E-state index in [-0.39, 0.29) is 30.9 Å². The second-order valence-corrected chi connectivity index (χ2v) is 7.55. The molecule has 0 unspecified atom stereocenters. The van der Waals surface area contributed by atoms with E-state index < -0.39 is 0 Å². The quantitative estimate of drug-likeness (QED) is 0.748. The number of hydrogen-bond acceptors (Lipinski definition) is 4. The van der Waals surface area contributed by atoms with Crippen molar-refractivity contribution in [3.63, 3.8) is 0 Å². The van der Waals surface area contributed by atoms with Crippen LogP contribution in [-0.2, 0) is 9.59 Å². The third-order valence-electron chi connectivity index (χ3n) is 4.31. The maximum atomic E-state index is 12.3. The van der Waals surface area contributed by atoms with E-state index in [9.17, 15) is 9.59 Å². The summed E-state index contributed by atoms with van der Waals surface area (Å²) in [5.74, 6) is 0.186. The molecule has 2 amide bonds. The molecular weight excluding hydrogens is 346 g/mol. The molecule has 0 bridgehead atoms.